The number of fused-ring (bicyclic) bond motifs is 1. The number of rotatable bonds is 9. The lowest BCUT2D eigenvalue weighted by Gasteiger charge is -2.36. The molecule has 6 nitrogen and oxygen atoms in total. The van der Waals surface area contributed by atoms with Crippen LogP contribution < -0.4 is 0 Å². The summed E-state index contributed by atoms with van der Waals surface area (Å²) in [5.74, 6) is -2.04. The summed E-state index contributed by atoms with van der Waals surface area (Å²) in [6, 6.07) is 8.60. The van der Waals surface area contributed by atoms with Gasteiger partial charge in [0, 0.05) is 10.8 Å². The Morgan fingerprint density at radius 3 is 2.69 bits per heavy atom. The van der Waals surface area contributed by atoms with Gasteiger partial charge in [0.25, 0.3) is 0 Å². The first-order chi connectivity index (χ1) is 17.2. The molecular weight excluding hydrogens is 498 g/mol. The number of hydrogen-bond donors (Lipinski definition) is 3. The average molecular weight is 530 g/mol. The van der Waals surface area contributed by atoms with Gasteiger partial charge in [-0.2, -0.15) is 0 Å². The lowest BCUT2D eigenvalue weighted by atomic mass is 9.67. The number of phenols is 1. The molecule has 2 amide bonds. The number of carbonyl (C=O) groups excluding carboxylic acids is 2. The van der Waals surface area contributed by atoms with Crippen molar-refractivity contribution >= 4 is 40.8 Å². The fraction of sp³-hybridized carbons (Fsp3) is 0.429. The smallest absolute Gasteiger partial charge is 0.234 e. The molecule has 1 fully saturated rings. The van der Waals surface area contributed by atoms with Gasteiger partial charge in [0.05, 0.1) is 36.1 Å². The minimum Gasteiger partial charge on any atom is -0.508 e. The van der Waals surface area contributed by atoms with Gasteiger partial charge in [0.1, 0.15) is 5.75 Å². The zero-order valence-electron chi connectivity index (χ0n) is 20.5. The maximum absolute atomic E-state index is 13.4. The van der Waals surface area contributed by atoms with Crippen molar-refractivity contribution in [3.63, 3.8) is 0 Å². The molecule has 2 aromatic rings. The molecule has 0 radical (unpaired) electrons. The van der Waals surface area contributed by atoms with Gasteiger partial charge in [0.2, 0.25) is 11.8 Å². The number of likely N-dealkylation sites (tertiary alicyclic amines) is 1. The minimum absolute atomic E-state index is 0.101. The maximum atomic E-state index is 13.4. The van der Waals surface area contributed by atoms with E-state index in [0.29, 0.717) is 30.7 Å². The van der Waals surface area contributed by atoms with Crippen LogP contribution in [0.4, 0.5) is 0 Å². The molecule has 1 aromatic carbocycles. The molecule has 4 atom stereocenters. The van der Waals surface area contributed by atoms with E-state index in [9.17, 15) is 24.9 Å². The summed E-state index contributed by atoms with van der Waals surface area (Å²) < 4.78 is 0. The van der Waals surface area contributed by atoms with Gasteiger partial charge in [-0.05, 0) is 73.4 Å². The number of amides is 2. The monoisotopic (exact) mass is 529 g/mol. The molecule has 3 N–H and O–H groups in total. The fourth-order valence-corrected chi connectivity index (χ4v) is 6.49. The van der Waals surface area contributed by atoms with Gasteiger partial charge in [-0.3, -0.25) is 14.5 Å². The number of hydrogen-bond acceptors (Lipinski definition) is 6. The number of aliphatic hydroxyl groups is 2. The van der Waals surface area contributed by atoms with Crippen LogP contribution in [0.2, 0.25) is 5.02 Å². The number of phenolic OH excluding ortho intramolecular Hbond substituents is 1. The second-order valence-corrected chi connectivity index (χ2v) is 11.1. The fourth-order valence-electron chi connectivity index (χ4n) is 5.57. The average Bonchev–Trinajstić information content (AvgIpc) is 3.46. The van der Waals surface area contributed by atoms with Crippen LogP contribution in [0.25, 0.3) is 6.08 Å². The number of aliphatic hydroxyl groups excluding tert-OH is 2. The SMILES string of the molecule is CCC1=C([C@H](O)CC/C(C)=C/c2ccc(O)cc2Cl)[C@H](CO)[C@@H]2C(=O)N(Cc3cccs3)C(=O)[C@@H]2C1. The van der Waals surface area contributed by atoms with Gasteiger partial charge in [-0.25, -0.2) is 0 Å². The molecule has 1 aromatic heterocycles. The lowest BCUT2D eigenvalue weighted by Crippen LogP contribution is -2.39. The molecule has 8 heteroatoms. The van der Waals surface area contributed by atoms with Crippen molar-refractivity contribution in [3.8, 4) is 5.75 Å². The molecule has 1 aliphatic carbocycles. The Hall–Kier alpha value is -2.45. The summed E-state index contributed by atoms with van der Waals surface area (Å²) in [6.07, 6.45) is 3.19. The van der Waals surface area contributed by atoms with E-state index < -0.39 is 23.9 Å². The number of allylic oxidation sites excluding steroid dienone is 2. The standard InChI is InChI=1S/C28H32ClNO5S/c1-3-17-12-21-26(28(35)30(27(21)34)14-20-5-4-10-36-20)22(15-31)25(17)24(33)9-6-16(2)11-18-7-8-19(32)13-23(18)29/h4-5,7-8,10-11,13,21-22,24,26,31-33H,3,6,9,12,14-15H2,1-2H3/b16-11+/t21-,22+,24-,26-/m1/s1. The quantitative estimate of drug-likeness (QED) is 0.307. The summed E-state index contributed by atoms with van der Waals surface area (Å²) >= 11 is 7.72. The van der Waals surface area contributed by atoms with Gasteiger partial charge in [-0.1, -0.05) is 41.8 Å². The summed E-state index contributed by atoms with van der Waals surface area (Å²) in [7, 11) is 0. The minimum atomic E-state index is -0.828. The van der Waals surface area contributed by atoms with E-state index in [-0.39, 0.29) is 30.7 Å². The third kappa shape index (κ3) is 5.30. The van der Waals surface area contributed by atoms with Crippen molar-refractivity contribution in [1.29, 1.82) is 0 Å². The third-order valence-corrected chi connectivity index (χ3v) is 8.54. The molecule has 1 saturated heterocycles. The van der Waals surface area contributed by atoms with Crippen molar-refractivity contribution < 1.29 is 24.9 Å². The first kappa shape index (κ1) is 26.6. The zero-order valence-corrected chi connectivity index (χ0v) is 22.1. The molecule has 0 spiro atoms. The van der Waals surface area contributed by atoms with E-state index in [2.05, 4.69) is 0 Å². The third-order valence-electron chi connectivity index (χ3n) is 7.35. The molecular formula is C28H32ClNO5S. The highest BCUT2D eigenvalue weighted by atomic mass is 35.5. The Balaban J connectivity index is 1.52. The van der Waals surface area contributed by atoms with Gasteiger partial charge in [-0.15, -0.1) is 11.3 Å². The van der Waals surface area contributed by atoms with Crippen LogP contribution in [0, 0.1) is 17.8 Å². The lowest BCUT2D eigenvalue weighted by molar-refractivity contribution is -0.140. The highest BCUT2D eigenvalue weighted by molar-refractivity contribution is 7.09. The van der Waals surface area contributed by atoms with E-state index in [1.807, 2.05) is 37.4 Å². The van der Waals surface area contributed by atoms with Crippen molar-refractivity contribution in [2.45, 2.75) is 52.2 Å². The largest absolute Gasteiger partial charge is 0.508 e. The van der Waals surface area contributed by atoms with E-state index in [1.54, 1.807) is 12.1 Å². The van der Waals surface area contributed by atoms with E-state index in [0.717, 1.165) is 27.2 Å². The van der Waals surface area contributed by atoms with Gasteiger partial charge >= 0.3 is 0 Å². The summed E-state index contributed by atoms with van der Waals surface area (Å²) in [5.41, 5.74) is 3.47. The Bertz CT molecular complexity index is 1190. The van der Waals surface area contributed by atoms with Crippen LogP contribution in [0.3, 0.4) is 0 Å². The van der Waals surface area contributed by atoms with Gasteiger partial charge in [0.15, 0.2) is 0 Å². The number of imide groups is 1. The Morgan fingerprint density at radius 2 is 2.06 bits per heavy atom. The number of halogens is 1. The molecule has 2 aliphatic rings. The zero-order chi connectivity index (χ0) is 26.0. The predicted molar refractivity (Wildman–Crippen MR) is 141 cm³/mol. The van der Waals surface area contributed by atoms with Gasteiger partial charge < -0.3 is 15.3 Å². The second kappa shape index (κ2) is 11.3. The summed E-state index contributed by atoms with van der Waals surface area (Å²) in [6.45, 7) is 3.90. The van der Waals surface area contributed by atoms with E-state index in [1.165, 1.54) is 22.3 Å². The normalized spacial score (nSPS) is 23.4. The Labute approximate surface area is 220 Å². The van der Waals surface area contributed by atoms with Crippen LogP contribution in [0.5, 0.6) is 5.75 Å². The number of benzene rings is 1. The van der Waals surface area contributed by atoms with Crippen LogP contribution in [0.15, 0.2) is 52.4 Å². The summed E-state index contributed by atoms with van der Waals surface area (Å²) in [5, 5.41) is 33.6. The highest BCUT2D eigenvalue weighted by Gasteiger charge is 2.54. The van der Waals surface area contributed by atoms with Crippen LogP contribution in [-0.2, 0) is 16.1 Å². The Morgan fingerprint density at radius 1 is 1.28 bits per heavy atom. The van der Waals surface area contributed by atoms with E-state index in [4.69, 9.17) is 11.6 Å². The van der Waals surface area contributed by atoms with Crippen molar-refractivity contribution in [2.75, 3.05) is 6.61 Å². The summed E-state index contributed by atoms with van der Waals surface area (Å²) in [4.78, 5) is 28.9. The van der Waals surface area contributed by atoms with Crippen molar-refractivity contribution in [1.82, 2.24) is 4.90 Å². The van der Waals surface area contributed by atoms with Crippen molar-refractivity contribution in [3.05, 3.63) is 67.9 Å². The van der Waals surface area contributed by atoms with Crippen LogP contribution in [-0.4, -0.2) is 44.7 Å². The predicted octanol–water partition coefficient (Wildman–Crippen LogP) is 5.17. The second-order valence-electron chi connectivity index (χ2n) is 9.63. The Kier molecular flexibility index (Phi) is 8.35. The van der Waals surface area contributed by atoms with Crippen molar-refractivity contribution in [2.24, 2.45) is 17.8 Å². The number of thiophene rings is 1. The van der Waals surface area contributed by atoms with Crippen LogP contribution in [0.1, 0.15) is 50.0 Å². The number of aromatic hydroxyl groups is 1. The number of nitrogens with zero attached hydrogens (tertiary/aromatic N) is 1. The molecule has 0 saturated carbocycles. The molecule has 2 heterocycles. The molecule has 0 bridgehead atoms. The molecule has 192 valence electrons. The van der Waals surface area contributed by atoms with E-state index >= 15 is 0 Å². The highest BCUT2D eigenvalue weighted by Crippen LogP contribution is 2.47. The first-order valence-corrected chi connectivity index (χ1v) is 13.5. The first-order valence-electron chi connectivity index (χ1n) is 12.3. The van der Waals surface area contributed by atoms with Crippen LogP contribution >= 0.6 is 22.9 Å². The maximum Gasteiger partial charge on any atom is 0.234 e. The topological polar surface area (TPSA) is 98.1 Å². The molecule has 36 heavy (non-hydrogen) atoms. The molecule has 1 aliphatic heterocycles. The number of carbonyl (C=O) groups is 2. The molecule has 0 unspecified atom stereocenters. The molecule has 4 rings (SSSR count).